The standard InChI is InChI=1S/C18H16FN5O2/c1-12-3-2-4-15(9-12)21-16(25)10-24-11-20-18(23-24)22-17(26)13-5-7-14(19)8-6-13/h2-9,11H,10H2,1H3,(H,21,25)(H,22,23,26). The molecule has 3 aromatic rings. The van der Waals surface area contributed by atoms with Crippen molar-refractivity contribution in [2.24, 2.45) is 0 Å². The second-order valence-corrected chi connectivity index (χ2v) is 5.64. The zero-order valence-corrected chi connectivity index (χ0v) is 13.9. The first-order valence-corrected chi connectivity index (χ1v) is 7.82. The SMILES string of the molecule is Cc1cccc(NC(=O)Cn2cnc(NC(=O)c3ccc(F)cc3)n2)c1. The Hall–Kier alpha value is -3.55. The molecule has 0 bridgehead atoms. The number of carbonyl (C=O) groups is 2. The molecule has 0 aliphatic heterocycles. The smallest absolute Gasteiger partial charge is 0.258 e. The molecule has 1 aromatic heterocycles. The monoisotopic (exact) mass is 353 g/mol. The number of anilines is 2. The topological polar surface area (TPSA) is 88.9 Å². The number of hydrogen-bond acceptors (Lipinski definition) is 4. The number of hydrogen-bond donors (Lipinski definition) is 2. The summed E-state index contributed by atoms with van der Waals surface area (Å²) in [5.74, 6) is -1.10. The van der Waals surface area contributed by atoms with E-state index in [-0.39, 0.29) is 24.0 Å². The van der Waals surface area contributed by atoms with Crippen molar-refractivity contribution in [3.8, 4) is 0 Å². The Morgan fingerprint density at radius 1 is 1.12 bits per heavy atom. The van der Waals surface area contributed by atoms with Crippen LogP contribution in [0.3, 0.4) is 0 Å². The van der Waals surface area contributed by atoms with Gasteiger partial charge < -0.3 is 5.32 Å². The van der Waals surface area contributed by atoms with Crippen LogP contribution in [0.1, 0.15) is 15.9 Å². The normalized spacial score (nSPS) is 10.4. The maximum atomic E-state index is 12.9. The van der Waals surface area contributed by atoms with E-state index >= 15 is 0 Å². The number of nitrogens with zero attached hydrogens (tertiary/aromatic N) is 3. The Bertz CT molecular complexity index is 937. The fraction of sp³-hybridized carbons (Fsp3) is 0.111. The lowest BCUT2D eigenvalue weighted by molar-refractivity contribution is -0.116. The fourth-order valence-corrected chi connectivity index (χ4v) is 2.27. The Kier molecular flexibility index (Phi) is 5.02. The highest BCUT2D eigenvalue weighted by atomic mass is 19.1. The lowest BCUT2D eigenvalue weighted by atomic mass is 10.2. The van der Waals surface area contributed by atoms with Crippen molar-refractivity contribution < 1.29 is 14.0 Å². The van der Waals surface area contributed by atoms with Crippen molar-refractivity contribution in [2.45, 2.75) is 13.5 Å². The summed E-state index contributed by atoms with van der Waals surface area (Å²) in [5, 5.41) is 9.29. The molecule has 0 saturated heterocycles. The molecule has 7 nitrogen and oxygen atoms in total. The summed E-state index contributed by atoms with van der Waals surface area (Å²) in [6.07, 6.45) is 1.34. The quantitative estimate of drug-likeness (QED) is 0.738. The molecular formula is C18H16FN5O2. The highest BCUT2D eigenvalue weighted by Crippen LogP contribution is 2.10. The van der Waals surface area contributed by atoms with Gasteiger partial charge in [-0.2, -0.15) is 0 Å². The molecule has 0 unspecified atom stereocenters. The second kappa shape index (κ2) is 7.56. The number of amides is 2. The molecular weight excluding hydrogens is 337 g/mol. The van der Waals surface area contributed by atoms with Crippen LogP contribution >= 0.6 is 0 Å². The summed E-state index contributed by atoms with van der Waals surface area (Å²) in [5.41, 5.74) is 2.01. The van der Waals surface area contributed by atoms with Gasteiger partial charge in [0, 0.05) is 11.3 Å². The highest BCUT2D eigenvalue weighted by Gasteiger charge is 2.11. The van der Waals surface area contributed by atoms with Gasteiger partial charge in [-0.15, -0.1) is 5.10 Å². The van der Waals surface area contributed by atoms with Gasteiger partial charge in [-0.1, -0.05) is 12.1 Å². The summed E-state index contributed by atoms with van der Waals surface area (Å²) in [6, 6.07) is 12.5. The van der Waals surface area contributed by atoms with Gasteiger partial charge in [0.05, 0.1) is 0 Å². The van der Waals surface area contributed by atoms with Crippen LogP contribution in [0, 0.1) is 12.7 Å². The molecule has 0 aliphatic rings. The van der Waals surface area contributed by atoms with Crippen LogP contribution in [0.5, 0.6) is 0 Å². The predicted molar refractivity (Wildman–Crippen MR) is 94.2 cm³/mol. The molecule has 8 heteroatoms. The van der Waals surface area contributed by atoms with E-state index < -0.39 is 11.7 Å². The average Bonchev–Trinajstić information content (AvgIpc) is 3.02. The van der Waals surface area contributed by atoms with Crippen molar-refractivity contribution in [3.63, 3.8) is 0 Å². The summed E-state index contributed by atoms with van der Waals surface area (Å²) in [6.45, 7) is 1.89. The number of aryl methyl sites for hydroxylation is 1. The van der Waals surface area contributed by atoms with Crippen molar-refractivity contribution in [3.05, 3.63) is 71.8 Å². The van der Waals surface area contributed by atoms with Crippen molar-refractivity contribution in [1.82, 2.24) is 14.8 Å². The van der Waals surface area contributed by atoms with Gasteiger partial charge in [-0.05, 0) is 48.9 Å². The lowest BCUT2D eigenvalue weighted by Gasteiger charge is -2.05. The van der Waals surface area contributed by atoms with Gasteiger partial charge in [0.2, 0.25) is 11.9 Å². The maximum absolute atomic E-state index is 12.9. The molecule has 0 saturated carbocycles. The number of rotatable bonds is 5. The average molecular weight is 353 g/mol. The zero-order chi connectivity index (χ0) is 18.5. The van der Waals surface area contributed by atoms with E-state index in [1.807, 2.05) is 25.1 Å². The molecule has 0 atom stereocenters. The molecule has 3 rings (SSSR count). The zero-order valence-electron chi connectivity index (χ0n) is 13.9. The van der Waals surface area contributed by atoms with Crippen molar-refractivity contribution in [1.29, 1.82) is 0 Å². The minimum Gasteiger partial charge on any atom is -0.324 e. The first-order chi connectivity index (χ1) is 12.5. The van der Waals surface area contributed by atoms with Gasteiger partial charge in [0.25, 0.3) is 5.91 Å². The molecule has 26 heavy (non-hydrogen) atoms. The third-order valence-electron chi connectivity index (χ3n) is 3.48. The fourth-order valence-electron chi connectivity index (χ4n) is 2.27. The van der Waals surface area contributed by atoms with Gasteiger partial charge in [-0.3, -0.25) is 14.9 Å². The Balaban J connectivity index is 1.58. The third kappa shape index (κ3) is 4.50. The van der Waals surface area contributed by atoms with Crippen LogP contribution in [0.25, 0.3) is 0 Å². The number of aromatic nitrogens is 3. The number of carbonyl (C=O) groups excluding carboxylic acids is 2. The van der Waals surface area contributed by atoms with E-state index in [1.165, 1.54) is 35.3 Å². The van der Waals surface area contributed by atoms with Crippen LogP contribution in [0.15, 0.2) is 54.9 Å². The second-order valence-electron chi connectivity index (χ2n) is 5.64. The van der Waals surface area contributed by atoms with Crippen molar-refractivity contribution in [2.75, 3.05) is 10.6 Å². The Labute approximate surface area is 148 Å². The van der Waals surface area contributed by atoms with Crippen LogP contribution in [0.4, 0.5) is 16.0 Å². The molecule has 2 aromatic carbocycles. The lowest BCUT2D eigenvalue weighted by Crippen LogP contribution is -2.19. The van der Waals surface area contributed by atoms with Gasteiger partial charge in [0.15, 0.2) is 0 Å². The summed E-state index contributed by atoms with van der Waals surface area (Å²) in [7, 11) is 0. The van der Waals surface area contributed by atoms with Gasteiger partial charge >= 0.3 is 0 Å². The number of benzene rings is 2. The molecule has 2 N–H and O–H groups in total. The van der Waals surface area contributed by atoms with E-state index in [0.717, 1.165) is 5.56 Å². The summed E-state index contributed by atoms with van der Waals surface area (Å²) < 4.78 is 14.2. The summed E-state index contributed by atoms with van der Waals surface area (Å²) >= 11 is 0. The van der Waals surface area contributed by atoms with Gasteiger partial charge in [0.1, 0.15) is 18.7 Å². The first-order valence-electron chi connectivity index (χ1n) is 7.82. The maximum Gasteiger partial charge on any atom is 0.258 e. The molecule has 0 radical (unpaired) electrons. The van der Waals surface area contributed by atoms with E-state index in [9.17, 15) is 14.0 Å². The molecule has 2 amide bonds. The minimum absolute atomic E-state index is 0.0483. The molecule has 0 fully saturated rings. The number of nitrogens with one attached hydrogen (secondary N) is 2. The molecule has 0 spiro atoms. The Morgan fingerprint density at radius 2 is 1.88 bits per heavy atom. The number of halogens is 1. The largest absolute Gasteiger partial charge is 0.324 e. The highest BCUT2D eigenvalue weighted by molar-refractivity contribution is 6.03. The van der Waals surface area contributed by atoms with Crippen molar-refractivity contribution >= 4 is 23.5 Å². The molecule has 1 heterocycles. The first kappa shape index (κ1) is 17.3. The molecule has 0 aliphatic carbocycles. The minimum atomic E-state index is -0.466. The molecule has 132 valence electrons. The van der Waals surface area contributed by atoms with Crippen LogP contribution in [-0.4, -0.2) is 26.6 Å². The van der Waals surface area contributed by atoms with Crippen LogP contribution in [0.2, 0.25) is 0 Å². The predicted octanol–water partition coefficient (Wildman–Crippen LogP) is 2.62. The Morgan fingerprint density at radius 3 is 2.62 bits per heavy atom. The third-order valence-corrected chi connectivity index (χ3v) is 3.48. The van der Waals surface area contributed by atoms with Crippen LogP contribution in [-0.2, 0) is 11.3 Å². The van der Waals surface area contributed by atoms with E-state index in [2.05, 4.69) is 20.7 Å². The van der Waals surface area contributed by atoms with Gasteiger partial charge in [-0.25, -0.2) is 14.1 Å². The van der Waals surface area contributed by atoms with E-state index in [4.69, 9.17) is 0 Å². The van der Waals surface area contributed by atoms with E-state index in [1.54, 1.807) is 6.07 Å². The summed E-state index contributed by atoms with van der Waals surface area (Å²) in [4.78, 5) is 28.0. The van der Waals surface area contributed by atoms with Crippen LogP contribution < -0.4 is 10.6 Å². The van der Waals surface area contributed by atoms with E-state index in [0.29, 0.717) is 5.69 Å².